The van der Waals surface area contributed by atoms with Crippen LogP contribution in [0.3, 0.4) is 0 Å². The van der Waals surface area contributed by atoms with E-state index in [9.17, 15) is 9.90 Å². The SMILES string of the molecule is C=C1C[C@]23CC[C@H]1C[C@H]2[C@]1(C)CCC[C@@](C)(C(=O)OC)[C@H]1C[C@@H]3O. The number of carbonyl (C=O) groups is 1. The molecule has 0 aromatic rings. The summed E-state index contributed by atoms with van der Waals surface area (Å²) in [5.74, 6) is 1.30. The molecule has 134 valence electrons. The smallest absolute Gasteiger partial charge is 0.311 e. The zero-order valence-electron chi connectivity index (χ0n) is 15.4. The predicted octanol–water partition coefficient (Wildman–Crippen LogP) is 4.10. The highest BCUT2D eigenvalue weighted by atomic mass is 16.5. The summed E-state index contributed by atoms with van der Waals surface area (Å²) in [6.07, 6.45) is 8.11. The van der Waals surface area contributed by atoms with E-state index in [-0.39, 0.29) is 28.8 Å². The Bertz CT molecular complexity index is 584. The van der Waals surface area contributed by atoms with Gasteiger partial charge in [0.1, 0.15) is 0 Å². The lowest BCUT2D eigenvalue weighted by molar-refractivity contribution is -0.225. The van der Waals surface area contributed by atoms with Crippen molar-refractivity contribution in [1.29, 1.82) is 0 Å². The van der Waals surface area contributed by atoms with Crippen molar-refractivity contribution < 1.29 is 14.6 Å². The first-order chi connectivity index (χ1) is 11.3. The maximum atomic E-state index is 12.6. The average Bonchev–Trinajstić information content (AvgIpc) is 2.57. The van der Waals surface area contributed by atoms with Crippen molar-refractivity contribution in [1.82, 2.24) is 0 Å². The fourth-order valence-electron chi connectivity index (χ4n) is 7.64. The van der Waals surface area contributed by atoms with E-state index in [4.69, 9.17) is 4.74 Å². The number of hydrogen-bond acceptors (Lipinski definition) is 3. The van der Waals surface area contributed by atoms with Crippen molar-refractivity contribution in [2.24, 2.45) is 34.0 Å². The van der Waals surface area contributed by atoms with Crippen LogP contribution in [0.5, 0.6) is 0 Å². The van der Waals surface area contributed by atoms with E-state index in [1.165, 1.54) is 31.9 Å². The third-order valence-corrected chi connectivity index (χ3v) is 8.85. The number of aliphatic hydroxyl groups is 1. The van der Waals surface area contributed by atoms with Crippen LogP contribution in [0.2, 0.25) is 0 Å². The lowest BCUT2D eigenvalue weighted by atomic mass is 9.36. The maximum absolute atomic E-state index is 12.6. The van der Waals surface area contributed by atoms with Gasteiger partial charge in [-0.2, -0.15) is 0 Å². The number of esters is 1. The highest BCUT2D eigenvalue weighted by molar-refractivity contribution is 5.77. The molecule has 5 aliphatic carbocycles. The zero-order valence-corrected chi connectivity index (χ0v) is 15.4. The van der Waals surface area contributed by atoms with Crippen LogP contribution in [0.4, 0.5) is 0 Å². The minimum Gasteiger partial charge on any atom is -0.469 e. The molecule has 5 rings (SSSR count). The van der Waals surface area contributed by atoms with Gasteiger partial charge in [-0.15, -0.1) is 0 Å². The summed E-state index contributed by atoms with van der Waals surface area (Å²) in [6, 6.07) is 0. The Morgan fingerprint density at radius 2 is 1.96 bits per heavy atom. The summed E-state index contributed by atoms with van der Waals surface area (Å²) in [6.45, 7) is 8.83. The second kappa shape index (κ2) is 5.09. The number of carbonyl (C=O) groups excluding carboxylic acids is 1. The van der Waals surface area contributed by atoms with Crippen LogP contribution in [0.15, 0.2) is 12.2 Å². The third kappa shape index (κ3) is 1.85. The lowest BCUT2D eigenvalue weighted by Gasteiger charge is -2.69. The molecule has 1 N–H and O–H groups in total. The minimum absolute atomic E-state index is 0.0193. The van der Waals surface area contributed by atoms with Gasteiger partial charge in [0.2, 0.25) is 0 Å². The summed E-state index contributed by atoms with van der Waals surface area (Å²) >= 11 is 0. The second-order valence-electron chi connectivity index (χ2n) is 9.66. The van der Waals surface area contributed by atoms with E-state index in [2.05, 4.69) is 20.4 Å². The van der Waals surface area contributed by atoms with E-state index in [1.54, 1.807) is 0 Å². The summed E-state index contributed by atoms with van der Waals surface area (Å²) in [4.78, 5) is 12.6. The van der Waals surface area contributed by atoms with E-state index in [0.29, 0.717) is 11.8 Å². The van der Waals surface area contributed by atoms with Crippen LogP contribution in [-0.4, -0.2) is 24.3 Å². The molecule has 0 radical (unpaired) electrons. The summed E-state index contributed by atoms with van der Waals surface area (Å²) in [5.41, 5.74) is 1.08. The van der Waals surface area contributed by atoms with Crippen LogP contribution < -0.4 is 0 Å². The summed E-state index contributed by atoms with van der Waals surface area (Å²) in [7, 11) is 1.51. The van der Waals surface area contributed by atoms with Gasteiger partial charge in [0, 0.05) is 5.41 Å². The Labute approximate surface area is 145 Å². The molecule has 0 heterocycles. The maximum Gasteiger partial charge on any atom is 0.311 e. The number of rotatable bonds is 1. The van der Waals surface area contributed by atoms with Gasteiger partial charge < -0.3 is 9.84 Å². The molecule has 3 nitrogen and oxygen atoms in total. The molecule has 0 aliphatic heterocycles. The molecule has 2 bridgehead atoms. The Hall–Kier alpha value is -0.830. The molecule has 5 aliphatic rings. The van der Waals surface area contributed by atoms with Gasteiger partial charge in [0.25, 0.3) is 0 Å². The first-order valence-corrected chi connectivity index (χ1v) is 9.72. The van der Waals surface area contributed by atoms with Crippen molar-refractivity contribution >= 4 is 5.97 Å². The molecule has 24 heavy (non-hydrogen) atoms. The van der Waals surface area contributed by atoms with Gasteiger partial charge in [-0.05, 0) is 75.0 Å². The molecule has 0 amide bonds. The van der Waals surface area contributed by atoms with Crippen LogP contribution in [-0.2, 0) is 9.53 Å². The average molecular weight is 332 g/mol. The molecule has 7 atom stereocenters. The molecular formula is C21H32O3. The van der Waals surface area contributed by atoms with E-state index in [1.807, 2.05) is 0 Å². The van der Waals surface area contributed by atoms with Crippen molar-refractivity contribution in [2.45, 2.75) is 71.3 Å². The Morgan fingerprint density at radius 3 is 2.62 bits per heavy atom. The number of aliphatic hydroxyl groups excluding tert-OH is 1. The topological polar surface area (TPSA) is 46.5 Å². The summed E-state index contributed by atoms with van der Waals surface area (Å²) < 4.78 is 5.20. The predicted molar refractivity (Wildman–Crippen MR) is 93.2 cm³/mol. The van der Waals surface area contributed by atoms with Gasteiger partial charge >= 0.3 is 5.97 Å². The minimum atomic E-state index is -0.446. The van der Waals surface area contributed by atoms with Crippen LogP contribution in [0, 0.1) is 34.0 Å². The number of hydrogen-bond donors (Lipinski definition) is 1. The molecule has 0 aromatic carbocycles. The normalized spacial score (nSPS) is 53.2. The molecular weight excluding hydrogens is 300 g/mol. The number of allylic oxidation sites excluding steroid dienone is 1. The van der Waals surface area contributed by atoms with Crippen LogP contribution in [0.25, 0.3) is 0 Å². The van der Waals surface area contributed by atoms with Gasteiger partial charge in [0.15, 0.2) is 0 Å². The molecule has 5 fully saturated rings. The van der Waals surface area contributed by atoms with Gasteiger partial charge in [-0.25, -0.2) is 0 Å². The largest absolute Gasteiger partial charge is 0.469 e. The van der Waals surface area contributed by atoms with Gasteiger partial charge in [-0.1, -0.05) is 25.5 Å². The van der Waals surface area contributed by atoms with Gasteiger partial charge in [-0.3, -0.25) is 4.79 Å². The van der Waals surface area contributed by atoms with Crippen LogP contribution >= 0.6 is 0 Å². The third-order valence-electron chi connectivity index (χ3n) is 8.85. The fraction of sp³-hybridized carbons (Fsp3) is 0.857. The Morgan fingerprint density at radius 1 is 1.21 bits per heavy atom. The summed E-state index contributed by atoms with van der Waals surface area (Å²) in [5, 5.41) is 11.2. The number of methoxy groups -OCH3 is 1. The van der Waals surface area contributed by atoms with Crippen molar-refractivity contribution in [3.63, 3.8) is 0 Å². The monoisotopic (exact) mass is 332 g/mol. The molecule has 0 aromatic heterocycles. The fourth-order valence-corrected chi connectivity index (χ4v) is 7.64. The van der Waals surface area contributed by atoms with E-state index < -0.39 is 5.41 Å². The molecule has 5 saturated carbocycles. The Kier molecular flexibility index (Phi) is 3.53. The highest BCUT2D eigenvalue weighted by Gasteiger charge is 2.67. The van der Waals surface area contributed by atoms with Gasteiger partial charge in [0.05, 0.1) is 18.6 Å². The van der Waals surface area contributed by atoms with Crippen LogP contribution in [0.1, 0.15) is 65.2 Å². The second-order valence-corrected chi connectivity index (χ2v) is 9.66. The van der Waals surface area contributed by atoms with Crippen molar-refractivity contribution in [3.8, 4) is 0 Å². The van der Waals surface area contributed by atoms with Crippen molar-refractivity contribution in [3.05, 3.63) is 12.2 Å². The molecule has 3 heteroatoms. The van der Waals surface area contributed by atoms with E-state index in [0.717, 1.165) is 32.1 Å². The lowest BCUT2D eigenvalue weighted by Crippen LogP contribution is -2.65. The molecule has 1 spiro atoms. The van der Waals surface area contributed by atoms with Crippen molar-refractivity contribution in [2.75, 3.05) is 7.11 Å². The quantitative estimate of drug-likeness (QED) is 0.581. The molecule has 0 unspecified atom stereocenters. The van der Waals surface area contributed by atoms with E-state index >= 15 is 0 Å². The number of ether oxygens (including phenoxy) is 1. The molecule has 0 saturated heterocycles. The number of fused-ring (bicyclic) bond motifs is 3. The first-order valence-electron chi connectivity index (χ1n) is 9.72. The highest BCUT2D eigenvalue weighted by Crippen LogP contribution is 2.72. The Balaban J connectivity index is 1.78. The first kappa shape index (κ1) is 16.6. The zero-order chi connectivity index (χ0) is 17.3. The standard InChI is InChI=1S/C21H32O3/c1-13-12-21-9-6-14(13)10-16(21)19(2)7-5-8-20(3,18(23)24-4)15(19)11-17(21)22/h14-17,22H,1,5-12H2,2-4H3/t14-,15-,16-,17-,19+,20+,21+/m0/s1.